The summed E-state index contributed by atoms with van der Waals surface area (Å²) in [6.45, 7) is 7.26. The van der Waals surface area contributed by atoms with Crippen LogP contribution in [0, 0.1) is 6.92 Å². The van der Waals surface area contributed by atoms with Gasteiger partial charge in [0, 0.05) is 55.1 Å². The van der Waals surface area contributed by atoms with E-state index < -0.39 is 12.1 Å². The van der Waals surface area contributed by atoms with Gasteiger partial charge in [0.2, 0.25) is 0 Å². The fourth-order valence-corrected chi connectivity index (χ4v) is 4.38. The van der Waals surface area contributed by atoms with Crippen LogP contribution in [0.1, 0.15) is 31.5 Å². The van der Waals surface area contributed by atoms with Crippen LogP contribution in [0.4, 0.5) is 13.2 Å². The number of carbonyl (C=O) groups excluding carboxylic acids is 1. The molecule has 12 heteroatoms. The second-order valence-electron chi connectivity index (χ2n) is 7.26. The van der Waals surface area contributed by atoms with Gasteiger partial charge in [0.15, 0.2) is 5.69 Å². The van der Waals surface area contributed by atoms with Gasteiger partial charge in [0.1, 0.15) is 0 Å². The summed E-state index contributed by atoms with van der Waals surface area (Å²) in [6, 6.07) is 4.36. The van der Waals surface area contributed by atoms with Crippen LogP contribution >= 0.6 is 11.3 Å². The van der Waals surface area contributed by atoms with E-state index in [-0.39, 0.29) is 5.91 Å². The van der Waals surface area contributed by atoms with Gasteiger partial charge in [-0.05, 0) is 19.1 Å². The summed E-state index contributed by atoms with van der Waals surface area (Å²) in [5, 5.41) is 11.6. The van der Waals surface area contributed by atoms with Crippen molar-refractivity contribution in [3.8, 4) is 0 Å². The fraction of sp³-hybridized carbons (Fsp3) is 0.526. The maximum absolute atomic E-state index is 12.8. The first-order valence-corrected chi connectivity index (χ1v) is 10.4. The highest BCUT2D eigenvalue weighted by atomic mass is 32.1. The summed E-state index contributed by atoms with van der Waals surface area (Å²) >= 11 is 1.84. The van der Waals surface area contributed by atoms with Crippen molar-refractivity contribution in [1.82, 2.24) is 19.6 Å². The number of aryl methyl sites for hydroxylation is 2. The molecule has 8 nitrogen and oxygen atoms in total. The maximum Gasteiger partial charge on any atom is 0.490 e. The third-order valence-corrected chi connectivity index (χ3v) is 5.93. The molecule has 2 aliphatic heterocycles. The number of hydrogen-bond donors (Lipinski definition) is 1. The number of fused-ring (bicyclic) bond motifs is 1. The number of alkyl halides is 3. The van der Waals surface area contributed by atoms with Gasteiger partial charge < -0.3 is 14.7 Å². The minimum atomic E-state index is -5.08. The number of aromatic nitrogens is 2. The molecule has 1 N–H and O–H groups in total. The van der Waals surface area contributed by atoms with E-state index in [4.69, 9.17) is 14.6 Å². The Morgan fingerprint density at radius 3 is 2.42 bits per heavy atom. The number of halogens is 3. The molecule has 2 aromatic heterocycles. The van der Waals surface area contributed by atoms with Crippen molar-refractivity contribution in [3.63, 3.8) is 0 Å². The molecule has 0 radical (unpaired) electrons. The lowest BCUT2D eigenvalue weighted by Gasteiger charge is -2.26. The summed E-state index contributed by atoms with van der Waals surface area (Å²) in [5.41, 5.74) is 2.89. The van der Waals surface area contributed by atoms with Crippen LogP contribution in [-0.2, 0) is 36.2 Å². The molecule has 2 aliphatic rings. The molecule has 0 spiro atoms. The number of aliphatic carboxylic acids is 1. The van der Waals surface area contributed by atoms with Crippen LogP contribution in [-0.4, -0.2) is 69.0 Å². The molecule has 0 aliphatic carbocycles. The Hall–Kier alpha value is -2.44. The topological polar surface area (TPSA) is 87.9 Å². The number of rotatable bonds is 3. The Kier molecular flexibility index (Phi) is 7.02. The van der Waals surface area contributed by atoms with Crippen LogP contribution in [0.5, 0.6) is 0 Å². The molecule has 170 valence electrons. The van der Waals surface area contributed by atoms with Crippen molar-refractivity contribution in [2.75, 3.05) is 26.3 Å². The van der Waals surface area contributed by atoms with E-state index in [1.165, 1.54) is 15.4 Å². The number of carbonyl (C=O) groups is 2. The molecular weight excluding hydrogens is 437 g/mol. The third kappa shape index (κ3) is 5.63. The molecule has 1 fully saturated rings. The number of thiophene rings is 1. The lowest BCUT2D eigenvalue weighted by molar-refractivity contribution is -0.192. The van der Waals surface area contributed by atoms with Crippen LogP contribution < -0.4 is 0 Å². The highest BCUT2D eigenvalue weighted by Crippen LogP contribution is 2.29. The molecule has 0 atom stereocenters. The van der Waals surface area contributed by atoms with E-state index in [1.807, 2.05) is 28.0 Å². The molecule has 1 saturated heterocycles. The van der Waals surface area contributed by atoms with Crippen molar-refractivity contribution >= 4 is 23.2 Å². The number of amides is 1. The normalized spacial score (nSPS) is 16.6. The quantitative estimate of drug-likeness (QED) is 0.757. The van der Waals surface area contributed by atoms with Crippen LogP contribution in [0.15, 0.2) is 12.1 Å². The molecule has 0 saturated carbocycles. The summed E-state index contributed by atoms with van der Waals surface area (Å²) in [7, 11) is 1.94. The lowest BCUT2D eigenvalue weighted by atomic mass is 10.2. The molecule has 4 heterocycles. The molecule has 0 unspecified atom stereocenters. The monoisotopic (exact) mass is 460 g/mol. The second kappa shape index (κ2) is 9.37. The maximum atomic E-state index is 12.8. The van der Waals surface area contributed by atoms with Crippen molar-refractivity contribution in [3.05, 3.63) is 38.8 Å². The van der Waals surface area contributed by atoms with Gasteiger partial charge in [0.25, 0.3) is 5.91 Å². The molecule has 1 amide bonds. The van der Waals surface area contributed by atoms with E-state index in [2.05, 4.69) is 29.1 Å². The molecule has 2 aromatic rings. The summed E-state index contributed by atoms with van der Waals surface area (Å²) in [5.74, 6) is -2.71. The zero-order valence-electron chi connectivity index (χ0n) is 17.1. The number of carboxylic acid groups (broad SMARTS) is 1. The molecule has 31 heavy (non-hydrogen) atoms. The summed E-state index contributed by atoms with van der Waals surface area (Å²) in [6.07, 6.45) is -5.08. The molecule has 0 bridgehead atoms. The van der Waals surface area contributed by atoms with E-state index in [1.54, 1.807) is 0 Å². The molecular formula is C19H23F3N4O4S. The summed E-state index contributed by atoms with van der Waals surface area (Å²) < 4.78 is 39.0. The minimum Gasteiger partial charge on any atom is -0.475 e. The first-order valence-electron chi connectivity index (χ1n) is 9.55. The number of ether oxygens (including phenoxy) is 1. The van der Waals surface area contributed by atoms with Gasteiger partial charge in [0.05, 0.1) is 18.9 Å². The first-order chi connectivity index (χ1) is 14.6. The first kappa shape index (κ1) is 23.2. The fourth-order valence-electron chi connectivity index (χ4n) is 3.45. The van der Waals surface area contributed by atoms with Gasteiger partial charge in [-0.2, -0.15) is 18.3 Å². The molecule has 0 aromatic carbocycles. The molecule has 4 rings (SSSR count). The van der Waals surface area contributed by atoms with E-state index in [0.717, 1.165) is 25.2 Å². The van der Waals surface area contributed by atoms with Crippen molar-refractivity contribution in [2.24, 2.45) is 7.05 Å². The largest absolute Gasteiger partial charge is 0.490 e. The zero-order chi connectivity index (χ0) is 22.8. The van der Waals surface area contributed by atoms with Crippen LogP contribution in [0.3, 0.4) is 0 Å². The minimum absolute atomic E-state index is 0.0453. The average Bonchev–Trinajstić information content (AvgIpc) is 3.39. The SMILES string of the molecule is Cc1ccc(CN2Cc3c(C(=O)N4CCOCC4)nn(C)c3C2)s1.O=C(O)C(F)(F)F. The Morgan fingerprint density at radius 1 is 1.23 bits per heavy atom. The average molecular weight is 460 g/mol. The standard InChI is InChI=1S/C17H22N4O2S.C2HF3O2/c1-12-3-4-13(24-12)9-20-10-14-15(11-20)19(2)18-16(14)17(22)21-5-7-23-8-6-21;3-2(4,5)1(6)7/h3-4H,5-11H2,1-2H3;(H,6,7). The zero-order valence-corrected chi connectivity index (χ0v) is 17.9. The van der Waals surface area contributed by atoms with Gasteiger partial charge in [-0.15, -0.1) is 11.3 Å². The Labute approximate surface area is 180 Å². The number of morpholine rings is 1. The Balaban J connectivity index is 0.000000339. The van der Waals surface area contributed by atoms with Gasteiger partial charge >= 0.3 is 12.1 Å². The Morgan fingerprint density at radius 2 is 1.87 bits per heavy atom. The number of hydrogen-bond acceptors (Lipinski definition) is 6. The lowest BCUT2D eigenvalue weighted by Crippen LogP contribution is -2.41. The van der Waals surface area contributed by atoms with Gasteiger partial charge in [-0.25, -0.2) is 4.79 Å². The second-order valence-corrected chi connectivity index (χ2v) is 8.63. The summed E-state index contributed by atoms with van der Waals surface area (Å²) in [4.78, 5) is 28.7. The van der Waals surface area contributed by atoms with Gasteiger partial charge in [-0.3, -0.25) is 14.4 Å². The van der Waals surface area contributed by atoms with Crippen molar-refractivity contribution < 1.29 is 32.6 Å². The van der Waals surface area contributed by atoms with Crippen LogP contribution in [0.25, 0.3) is 0 Å². The highest BCUT2D eigenvalue weighted by Gasteiger charge is 2.38. The van der Waals surface area contributed by atoms with Crippen molar-refractivity contribution in [1.29, 1.82) is 0 Å². The van der Waals surface area contributed by atoms with Crippen molar-refractivity contribution in [2.45, 2.75) is 32.7 Å². The smallest absolute Gasteiger partial charge is 0.475 e. The van der Waals surface area contributed by atoms with Crippen LogP contribution in [0.2, 0.25) is 0 Å². The number of nitrogens with zero attached hydrogens (tertiary/aromatic N) is 4. The van der Waals surface area contributed by atoms with Gasteiger partial charge in [-0.1, -0.05) is 0 Å². The Bertz CT molecular complexity index is 951. The van der Waals surface area contributed by atoms with E-state index in [9.17, 15) is 18.0 Å². The predicted octanol–water partition coefficient (Wildman–Crippen LogP) is 2.41. The number of carboxylic acids is 1. The highest BCUT2D eigenvalue weighted by molar-refractivity contribution is 7.11. The predicted molar refractivity (Wildman–Crippen MR) is 106 cm³/mol. The van der Waals surface area contributed by atoms with E-state index in [0.29, 0.717) is 32.0 Å². The third-order valence-electron chi connectivity index (χ3n) is 4.95. The van der Waals surface area contributed by atoms with E-state index >= 15 is 0 Å².